The monoisotopic (exact) mass is 270 g/mol. The van der Waals surface area contributed by atoms with Gasteiger partial charge in [-0.2, -0.15) is 4.98 Å². The fraction of sp³-hybridized carbons (Fsp3) is 0.583. The molecule has 18 heavy (non-hydrogen) atoms. The smallest absolute Gasteiger partial charge is 0.331 e. The number of hydrogen-bond acceptors (Lipinski definition) is 4. The molecule has 1 heterocycles. The van der Waals surface area contributed by atoms with Crippen LogP contribution >= 0.6 is 11.6 Å². The summed E-state index contributed by atoms with van der Waals surface area (Å²) < 4.78 is 5.70. The molecule has 98 valence electrons. The number of ether oxygens (including phenoxy) is 1. The Balaban J connectivity index is 2.21. The molecule has 5 nitrogen and oxygen atoms in total. The van der Waals surface area contributed by atoms with Crippen LogP contribution in [0.25, 0.3) is 0 Å². The molecule has 1 aromatic rings. The number of pyridine rings is 1. The largest absolute Gasteiger partial charge is 0.469 e. The van der Waals surface area contributed by atoms with Crippen molar-refractivity contribution in [2.45, 2.75) is 38.7 Å². The van der Waals surface area contributed by atoms with Gasteiger partial charge in [0.2, 0.25) is 0 Å². The topological polar surface area (TPSA) is 65.3 Å². The maximum absolute atomic E-state index is 10.9. The van der Waals surface area contributed by atoms with Crippen LogP contribution in [0, 0.1) is 16.0 Å². The Morgan fingerprint density at radius 1 is 1.44 bits per heavy atom. The summed E-state index contributed by atoms with van der Waals surface area (Å²) in [5.41, 5.74) is -0.128. The summed E-state index contributed by atoms with van der Waals surface area (Å²) in [5.74, 6) is 0.422. The molecular formula is C12H15ClN2O3. The Morgan fingerprint density at radius 3 is 2.83 bits per heavy atom. The molecule has 1 aliphatic rings. The standard InChI is InChI=1S/C12H15ClN2O3/c1-8-4-2-3-5-10(8)18-12-9(15(16)17)6-7-11(13)14-12/h6-8,10H,2-5H2,1H3. The first kappa shape index (κ1) is 13.1. The lowest BCUT2D eigenvalue weighted by atomic mass is 9.88. The Kier molecular flexibility index (Phi) is 4.01. The van der Waals surface area contributed by atoms with Crippen LogP contribution in [0.2, 0.25) is 5.15 Å². The second-order valence-electron chi connectivity index (χ2n) is 4.63. The van der Waals surface area contributed by atoms with E-state index in [2.05, 4.69) is 11.9 Å². The summed E-state index contributed by atoms with van der Waals surface area (Å²) in [6.07, 6.45) is 4.25. The molecule has 1 fully saturated rings. The number of nitrogens with zero attached hydrogens (tertiary/aromatic N) is 2. The van der Waals surface area contributed by atoms with E-state index in [1.807, 2.05) is 0 Å². The van der Waals surface area contributed by atoms with Gasteiger partial charge in [0.1, 0.15) is 11.3 Å². The van der Waals surface area contributed by atoms with E-state index >= 15 is 0 Å². The lowest BCUT2D eigenvalue weighted by Gasteiger charge is -2.28. The van der Waals surface area contributed by atoms with Gasteiger partial charge >= 0.3 is 5.69 Å². The Hall–Kier alpha value is -1.36. The minimum Gasteiger partial charge on any atom is -0.469 e. The first-order chi connectivity index (χ1) is 8.58. The third kappa shape index (κ3) is 2.90. The van der Waals surface area contributed by atoms with Crippen LogP contribution in [-0.4, -0.2) is 16.0 Å². The predicted octanol–water partition coefficient (Wildman–Crippen LogP) is 3.60. The Morgan fingerprint density at radius 2 is 2.17 bits per heavy atom. The molecule has 0 aromatic carbocycles. The summed E-state index contributed by atoms with van der Waals surface area (Å²) in [6, 6.07) is 2.73. The van der Waals surface area contributed by atoms with Crippen LogP contribution in [0.3, 0.4) is 0 Å². The molecule has 1 aromatic heterocycles. The highest BCUT2D eigenvalue weighted by Crippen LogP contribution is 2.32. The highest BCUT2D eigenvalue weighted by Gasteiger charge is 2.27. The maximum atomic E-state index is 10.9. The van der Waals surface area contributed by atoms with E-state index in [0.717, 1.165) is 19.3 Å². The second kappa shape index (κ2) is 5.52. The number of nitro groups is 1. The summed E-state index contributed by atoms with van der Waals surface area (Å²) in [4.78, 5) is 14.3. The first-order valence-electron chi connectivity index (χ1n) is 6.05. The van der Waals surface area contributed by atoms with Crippen LogP contribution in [0.5, 0.6) is 5.88 Å². The molecule has 0 spiro atoms. The molecule has 0 amide bonds. The number of rotatable bonds is 3. The van der Waals surface area contributed by atoms with E-state index in [4.69, 9.17) is 16.3 Å². The van der Waals surface area contributed by atoms with Crippen molar-refractivity contribution in [3.8, 4) is 5.88 Å². The van der Waals surface area contributed by atoms with Crippen molar-refractivity contribution in [2.24, 2.45) is 5.92 Å². The number of aromatic nitrogens is 1. The van der Waals surface area contributed by atoms with Gasteiger partial charge in [-0.15, -0.1) is 0 Å². The highest BCUT2D eigenvalue weighted by atomic mass is 35.5. The van der Waals surface area contributed by atoms with E-state index in [0.29, 0.717) is 5.92 Å². The van der Waals surface area contributed by atoms with E-state index in [1.54, 1.807) is 0 Å². The predicted molar refractivity (Wildman–Crippen MR) is 67.9 cm³/mol. The molecule has 0 aliphatic heterocycles. The van der Waals surface area contributed by atoms with Crippen molar-refractivity contribution in [2.75, 3.05) is 0 Å². The third-order valence-corrected chi connectivity index (χ3v) is 3.51. The van der Waals surface area contributed by atoms with Crippen LogP contribution in [0.15, 0.2) is 12.1 Å². The van der Waals surface area contributed by atoms with Crippen molar-refractivity contribution >= 4 is 17.3 Å². The van der Waals surface area contributed by atoms with Gasteiger partial charge in [-0.05, 0) is 31.2 Å². The molecule has 0 bridgehead atoms. The minimum absolute atomic E-state index is 0.0107. The van der Waals surface area contributed by atoms with E-state index in [1.165, 1.54) is 18.6 Å². The highest BCUT2D eigenvalue weighted by molar-refractivity contribution is 6.29. The Bertz CT molecular complexity index is 453. The summed E-state index contributed by atoms with van der Waals surface area (Å²) in [5, 5.41) is 11.1. The van der Waals surface area contributed by atoms with E-state index < -0.39 is 4.92 Å². The van der Waals surface area contributed by atoms with Crippen molar-refractivity contribution in [3.63, 3.8) is 0 Å². The average Bonchev–Trinajstić information content (AvgIpc) is 2.32. The molecule has 0 saturated heterocycles. The van der Waals surface area contributed by atoms with Crippen molar-refractivity contribution < 1.29 is 9.66 Å². The van der Waals surface area contributed by atoms with E-state index in [9.17, 15) is 10.1 Å². The summed E-state index contributed by atoms with van der Waals surface area (Å²) >= 11 is 5.76. The molecule has 2 unspecified atom stereocenters. The fourth-order valence-electron chi connectivity index (χ4n) is 2.24. The Labute approximate surface area is 110 Å². The fourth-order valence-corrected chi connectivity index (χ4v) is 2.38. The van der Waals surface area contributed by atoms with Gasteiger partial charge in [0.05, 0.1) is 4.92 Å². The lowest BCUT2D eigenvalue weighted by Crippen LogP contribution is -2.28. The molecule has 1 aliphatic carbocycles. The average molecular weight is 271 g/mol. The van der Waals surface area contributed by atoms with Gasteiger partial charge in [0, 0.05) is 6.07 Å². The van der Waals surface area contributed by atoms with Crippen LogP contribution in [-0.2, 0) is 0 Å². The van der Waals surface area contributed by atoms with Gasteiger partial charge in [-0.3, -0.25) is 10.1 Å². The SMILES string of the molecule is CC1CCCCC1Oc1nc(Cl)ccc1[N+](=O)[O-]. The quantitative estimate of drug-likeness (QED) is 0.478. The van der Waals surface area contributed by atoms with Gasteiger partial charge in [-0.25, -0.2) is 0 Å². The summed E-state index contributed by atoms with van der Waals surface area (Å²) in [7, 11) is 0. The molecule has 2 atom stereocenters. The van der Waals surface area contributed by atoms with Gasteiger partial charge < -0.3 is 4.74 Å². The summed E-state index contributed by atoms with van der Waals surface area (Å²) in [6.45, 7) is 2.10. The minimum atomic E-state index is -0.494. The zero-order valence-corrected chi connectivity index (χ0v) is 10.9. The molecule has 0 N–H and O–H groups in total. The molecular weight excluding hydrogens is 256 g/mol. The van der Waals surface area contributed by atoms with Crippen LogP contribution in [0.4, 0.5) is 5.69 Å². The zero-order valence-electron chi connectivity index (χ0n) is 10.1. The molecule has 2 rings (SSSR count). The lowest BCUT2D eigenvalue weighted by molar-refractivity contribution is -0.386. The van der Waals surface area contributed by atoms with Crippen LogP contribution < -0.4 is 4.74 Å². The maximum Gasteiger partial charge on any atom is 0.331 e. The van der Waals surface area contributed by atoms with Gasteiger partial charge in [-0.1, -0.05) is 24.9 Å². The zero-order chi connectivity index (χ0) is 13.1. The van der Waals surface area contributed by atoms with Crippen LogP contribution in [0.1, 0.15) is 32.6 Å². The van der Waals surface area contributed by atoms with Crippen molar-refractivity contribution in [1.29, 1.82) is 0 Å². The van der Waals surface area contributed by atoms with Gasteiger partial charge in [0.15, 0.2) is 0 Å². The van der Waals surface area contributed by atoms with Crippen molar-refractivity contribution in [3.05, 3.63) is 27.4 Å². The first-order valence-corrected chi connectivity index (χ1v) is 6.43. The molecule has 6 heteroatoms. The van der Waals surface area contributed by atoms with Gasteiger partial charge in [0.25, 0.3) is 5.88 Å². The van der Waals surface area contributed by atoms with Crippen molar-refractivity contribution in [1.82, 2.24) is 4.98 Å². The normalized spacial score (nSPS) is 23.7. The number of hydrogen-bond donors (Lipinski definition) is 0. The second-order valence-corrected chi connectivity index (χ2v) is 5.02. The number of halogens is 1. The third-order valence-electron chi connectivity index (χ3n) is 3.30. The molecule has 0 radical (unpaired) electrons. The molecule has 1 saturated carbocycles. The van der Waals surface area contributed by atoms with E-state index in [-0.39, 0.29) is 22.8 Å².